The van der Waals surface area contributed by atoms with Crippen LogP contribution in [0.15, 0.2) is 103 Å². The minimum Gasteiger partial charge on any atom is -0.230 e. The smallest absolute Gasteiger partial charge is 0.230 e. The third-order valence-corrected chi connectivity index (χ3v) is 6.85. The van der Waals surface area contributed by atoms with E-state index in [0.717, 1.165) is 13.1 Å². The molecule has 2 heteroatoms. The Morgan fingerprint density at radius 1 is 0.576 bits per heavy atom. The van der Waals surface area contributed by atoms with E-state index in [4.69, 9.17) is 0 Å². The second-order valence-corrected chi connectivity index (χ2v) is 8.60. The van der Waals surface area contributed by atoms with Crippen LogP contribution in [0.4, 0.5) is 0 Å². The molecule has 0 amide bonds. The first-order chi connectivity index (χ1) is 16.3. The summed E-state index contributed by atoms with van der Waals surface area (Å²) in [6.07, 6.45) is 2.29. The van der Waals surface area contributed by atoms with E-state index >= 15 is 0 Å². The topological polar surface area (TPSA) is 8.81 Å². The molecule has 0 aliphatic carbocycles. The lowest BCUT2D eigenvalue weighted by atomic mass is 9.92. The van der Waals surface area contributed by atoms with Crippen LogP contribution in [-0.2, 0) is 13.1 Å². The molecule has 5 aromatic carbocycles. The van der Waals surface area contributed by atoms with Crippen molar-refractivity contribution < 1.29 is 4.57 Å². The largest absolute Gasteiger partial charge is 0.244 e. The highest BCUT2D eigenvalue weighted by Crippen LogP contribution is 2.39. The lowest BCUT2D eigenvalue weighted by molar-refractivity contribution is -0.668. The molecule has 0 aliphatic rings. The van der Waals surface area contributed by atoms with E-state index in [1.807, 2.05) is 0 Å². The summed E-state index contributed by atoms with van der Waals surface area (Å²) in [4.78, 5) is 0. The molecule has 1 heterocycles. The Labute approximate surface area is 194 Å². The predicted octanol–water partition coefficient (Wildman–Crippen LogP) is 7.61. The molecule has 0 N–H and O–H groups in total. The molecule has 0 fully saturated rings. The van der Waals surface area contributed by atoms with Crippen LogP contribution in [0.25, 0.3) is 54.8 Å². The average Bonchev–Trinajstić information content (AvgIpc) is 3.27. The third-order valence-electron chi connectivity index (χ3n) is 6.85. The molecular formula is C31H27N2+. The lowest BCUT2D eigenvalue weighted by Gasteiger charge is -2.12. The molecule has 0 bridgehead atoms. The van der Waals surface area contributed by atoms with Gasteiger partial charge in [0.25, 0.3) is 0 Å². The molecule has 0 unspecified atom stereocenters. The molecule has 0 atom stereocenters. The number of hydrogen-bond acceptors (Lipinski definition) is 0. The summed E-state index contributed by atoms with van der Waals surface area (Å²) in [5.74, 6) is 0. The zero-order valence-corrected chi connectivity index (χ0v) is 19.1. The summed E-state index contributed by atoms with van der Waals surface area (Å²) in [6, 6.07) is 35.3. The van der Waals surface area contributed by atoms with Gasteiger partial charge in [-0.15, -0.1) is 0 Å². The van der Waals surface area contributed by atoms with Crippen LogP contribution in [0.5, 0.6) is 0 Å². The second-order valence-electron chi connectivity index (χ2n) is 8.60. The molecule has 0 spiro atoms. The van der Waals surface area contributed by atoms with E-state index < -0.39 is 0 Å². The van der Waals surface area contributed by atoms with Gasteiger partial charge in [-0.3, -0.25) is 0 Å². The van der Waals surface area contributed by atoms with Gasteiger partial charge in [-0.25, -0.2) is 9.13 Å². The maximum absolute atomic E-state index is 2.41. The number of benzene rings is 5. The summed E-state index contributed by atoms with van der Waals surface area (Å²) in [5.41, 5.74) is 7.78. The average molecular weight is 428 g/mol. The van der Waals surface area contributed by atoms with Crippen LogP contribution in [-0.4, -0.2) is 4.57 Å². The van der Waals surface area contributed by atoms with Gasteiger partial charge in [-0.05, 0) is 58.7 Å². The van der Waals surface area contributed by atoms with E-state index in [0.29, 0.717) is 0 Å². The molecular weight excluding hydrogens is 400 g/mol. The van der Waals surface area contributed by atoms with Crippen molar-refractivity contribution in [3.05, 3.63) is 103 Å². The monoisotopic (exact) mass is 427 g/mol. The van der Waals surface area contributed by atoms with Crippen molar-refractivity contribution in [2.75, 3.05) is 0 Å². The van der Waals surface area contributed by atoms with Crippen molar-refractivity contribution in [1.29, 1.82) is 0 Å². The van der Waals surface area contributed by atoms with Gasteiger partial charge < -0.3 is 0 Å². The normalized spacial score (nSPS) is 11.6. The Kier molecular flexibility index (Phi) is 4.73. The Morgan fingerprint density at radius 3 is 1.73 bits per heavy atom. The van der Waals surface area contributed by atoms with Gasteiger partial charge in [-0.2, -0.15) is 0 Å². The van der Waals surface area contributed by atoms with E-state index in [9.17, 15) is 0 Å². The first-order valence-corrected chi connectivity index (χ1v) is 11.8. The van der Waals surface area contributed by atoms with Gasteiger partial charge in [0.15, 0.2) is 11.0 Å². The summed E-state index contributed by atoms with van der Waals surface area (Å²) in [5, 5.41) is 5.15. The number of rotatable bonds is 4. The molecule has 0 saturated heterocycles. The zero-order valence-electron chi connectivity index (χ0n) is 19.1. The van der Waals surface area contributed by atoms with E-state index in [1.165, 1.54) is 54.8 Å². The van der Waals surface area contributed by atoms with Crippen LogP contribution in [0.1, 0.15) is 13.8 Å². The van der Waals surface area contributed by atoms with Crippen molar-refractivity contribution in [3.63, 3.8) is 0 Å². The highest BCUT2D eigenvalue weighted by Gasteiger charge is 2.24. The first-order valence-electron chi connectivity index (χ1n) is 11.8. The quantitative estimate of drug-likeness (QED) is 0.256. The van der Waals surface area contributed by atoms with Gasteiger partial charge in [0.05, 0.1) is 13.1 Å². The fourth-order valence-electron chi connectivity index (χ4n) is 5.28. The minimum absolute atomic E-state index is 0.931. The van der Waals surface area contributed by atoms with Crippen LogP contribution in [0, 0.1) is 0 Å². The van der Waals surface area contributed by atoms with Gasteiger partial charge in [0.2, 0.25) is 6.33 Å². The molecule has 6 aromatic rings. The fraction of sp³-hybridized carbons (Fsp3) is 0.129. The maximum atomic E-state index is 2.41. The van der Waals surface area contributed by atoms with E-state index in [-0.39, 0.29) is 0 Å². The second kappa shape index (κ2) is 7.90. The molecule has 1 aromatic heterocycles. The SMILES string of the molecule is CCn1c[n+](CC)c2c(-c3cccc4ccccc34)ccc(-c3cccc4ccccc34)c21. The Bertz CT molecular complexity index is 1510. The number of imidazole rings is 1. The number of aryl methyl sites for hydroxylation is 2. The Morgan fingerprint density at radius 2 is 1.12 bits per heavy atom. The highest BCUT2D eigenvalue weighted by atomic mass is 15.1. The van der Waals surface area contributed by atoms with E-state index in [1.54, 1.807) is 0 Å². The summed E-state index contributed by atoms with van der Waals surface area (Å²) < 4.78 is 4.81. The number of nitrogens with zero attached hydrogens (tertiary/aromatic N) is 2. The van der Waals surface area contributed by atoms with Crippen LogP contribution in [0.2, 0.25) is 0 Å². The minimum atomic E-state index is 0.931. The zero-order chi connectivity index (χ0) is 22.4. The summed E-state index contributed by atoms with van der Waals surface area (Å²) in [6.45, 7) is 6.33. The summed E-state index contributed by atoms with van der Waals surface area (Å²) in [7, 11) is 0. The molecule has 33 heavy (non-hydrogen) atoms. The predicted molar refractivity (Wildman–Crippen MR) is 139 cm³/mol. The highest BCUT2D eigenvalue weighted by molar-refractivity contribution is 6.09. The standard InChI is InChI=1S/C31H27N2/c1-3-32-21-33(4-2)31-29(27-18-10-14-23-12-6-8-16-25(23)27)20-19-28(30(31)32)26-17-9-13-22-11-5-7-15-24(22)26/h5-21H,3-4H2,1-2H3/q+1. The van der Waals surface area contributed by atoms with Crippen molar-refractivity contribution in [1.82, 2.24) is 4.57 Å². The lowest BCUT2D eigenvalue weighted by Crippen LogP contribution is -2.30. The fourth-order valence-corrected chi connectivity index (χ4v) is 5.28. The van der Waals surface area contributed by atoms with Gasteiger partial charge in [0, 0.05) is 11.1 Å². The molecule has 160 valence electrons. The van der Waals surface area contributed by atoms with Crippen LogP contribution >= 0.6 is 0 Å². The number of aromatic nitrogens is 2. The van der Waals surface area contributed by atoms with Crippen LogP contribution < -0.4 is 4.57 Å². The van der Waals surface area contributed by atoms with Gasteiger partial charge in [0.1, 0.15) is 0 Å². The molecule has 0 saturated carbocycles. The van der Waals surface area contributed by atoms with Crippen molar-refractivity contribution >= 4 is 32.6 Å². The van der Waals surface area contributed by atoms with Crippen molar-refractivity contribution in [2.45, 2.75) is 26.9 Å². The van der Waals surface area contributed by atoms with Gasteiger partial charge >= 0.3 is 0 Å². The van der Waals surface area contributed by atoms with E-state index in [2.05, 4.69) is 126 Å². The maximum Gasteiger partial charge on any atom is 0.244 e. The van der Waals surface area contributed by atoms with Crippen LogP contribution in [0.3, 0.4) is 0 Å². The number of hydrogen-bond donors (Lipinski definition) is 0. The Balaban J connectivity index is 1.74. The number of fused-ring (bicyclic) bond motifs is 3. The van der Waals surface area contributed by atoms with Crippen molar-refractivity contribution in [3.8, 4) is 22.3 Å². The molecule has 2 nitrogen and oxygen atoms in total. The third kappa shape index (κ3) is 3.06. The van der Waals surface area contributed by atoms with Crippen molar-refractivity contribution in [2.24, 2.45) is 0 Å². The molecule has 0 radical (unpaired) electrons. The van der Waals surface area contributed by atoms with Gasteiger partial charge in [-0.1, -0.05) is 84.9 Å². The first kappa shape index (κ1) is 19.8. The summed E-state index contributed by atoms with van der Waals surface area (Å²) >= 11 is 0. The molecule has 0 aliphatic heterocycles. The Hall–Kier alpha value is -3.91. The molecule has 6 rings (SSSR count).